The van der Waals surface area contributed by atoms with Crippen LogP contribution < -0.4 is 5.32 Å². The van der Waals surface area contributed by atoms with Gasteiger partial charge in [-0.3, -0.25) is 0 Å². The van der Waals surface area contributed by atoms with E-state index in [1.807, 2.05) is 12.1 Å². The molecule has 1 aliphatic rings. The van der Waals surface area contributed by atoms with Crippen molar-refractivity contribution >= 4 is 11.6 Å². The fourth-order valence-electron chi connectivity index (χ4n) is 2.93. The topological polar surface area (TPSA) is 15.3 Å². The number of hydrogen-bond donors (Lipinski definition) is 1. The summed E-state index contributed by atoms with van der Waals surface area (Å²) in [5.41, 5.74) is 1.28. The first kappa shape index (κ1) is 15.8. The normalized spacial score (nSPS) is 19.1. The largest absolute Gasteiger partial charge is 0.307 e. The summed E-state index contributed by atoms with van der Waals surface area (Å²) in [5, 5.41) is 4.58. The number of benzene rings is 1. The molecule has 0 aliphatic carbocycles. The van der Waals surface area contributed by atoms with E-state index in [0.29, 0.717) is 12.1 Å². The third kappa shape index (κ3) is 4.76. The molecule has 1 aromatic rings. The Morgan fingerprint density at radius 3 is 2.75 bits per heavy atom. The number of nitrogens with zero attached hydrogens (tertiary/aromatic N) is 1. The smallest absolute Gasteiger partial charge is 0.0409 e. The molecule has 112 valence electrons. The standard InChI is InChI=1S/C17H27ClN2/c1-3-4-10-20-11-8-17(9-12-20)19-14(2)15-6-5-7-16(18)13-15/h5-7,13-14,17,19H,3-4,8-12H2,1-2H3. The predicted octanol–water partition coefficient (Wildman–Crippen LogP) is 4.26. The Morgan fingerprint density at radius 2 is 2.10 bits per heavy atom. The molecule has 0 amide bonds. The molecule has 0 bridgehead atoms. The van der Waals surface area contributed by atoms with Gasteiger partial charge in [0.05, 0.1) is 0 Å². The molecule has 1 saturated heterocycles. The number of hydrogen-bond acceptors (Lipinski definition) is 2. The van der Waals surface area contributed by atoms with E-state index in [1.54, 1.807) is 0 Å². The number of nitrogens with one attached hydrogen (secondary N) is 1. The zero-order valence-corrected chi connectivity index (χ0v) is 13.5. The first-order chi connectivity index (χ1) is 9.69. The SMILES string of the molecule is CCCCN1CCC(NC(C)c2cccc(Cl)c2)CC1. The van der Waals surface area contributed by atoms with Crippen molar-refractivity contribution in [1.29, 1.82) is 0 Å². The molecule has 1 N–H and O–H groups in total. The van der Waals surface area contributed by atoms with Gasteiger partial charge in [0.1, 0.15) is 0 Å². The van der Waals surface area contributed by atoms with E-state index in [9.17, 15) is 0 Å². The van der Waals surface area contributed by atoms with Gasteiger partial charge in [-0.15, -0.1) is 0 Å². The fourth-order valence-corrected chi connectivity index (χ4v) is 3.13. The van der Waals surface area contributed by atoms with E-state index in [2.05, 4.69) is 36.2 Å². The van der Waals surface area contributed by atoms with E-state index in [1.165, 1.54) is 50.9 Å². The van der Waals surface area contributed by atoms with E-state index < -0.39 is 0 Å². The molecule has 0 saturated carbocycles. The molecular formula is C17H27ClN2. The van der Waals surface area contributed by atoms with Crippen molar-refractivity contribution in [3.63, 3.8) is 0 Å². The van der Waals surface area contributed by atoms with Crippen molar-refractivity contribution in [3.05, 3.63) is 34.9 Å². The maximum absolute atomic E-state index is 6.06. The van der Waals surface area contributed by atoms with Gasteiger partial charge in [-0.25, -0.2) is 0 Å². The fraction of sp³-hybridized carbons (Fsp3) is 0.647. The van der Waals surface area contributed by atoms with Crippen LogP contribution in [0.5, 0.6) is 0 Å². The molecule has 1 heterocycles. The highest BCUT2D eigenvalue weighted by Gasteiger charge is 2.20. The second-order valence-corrected chi connectivity index (χ2v) is 6.35. The lowest BCUT2D eigenvalue weighted by Gasteiger charge is -2.34. The third-order valence-electron chi connectivity index (χ3n) is 4.25. The second kappa shape index (κ2) is 8.02. The maximum Gasteiger partial charge on any atom is 0.0409 e. The Labute approximate surface area is 128 Å². The second-order valence-electron chi connectivity index (χ2n) is 5.91. The summed E-state index contributed by atoms with van der Waals surface area (Å²) in [6.07, 6.45) is 5.14. The summed E-state index contributed by atoms with van der Waals surface area (Å²) in [4.78, 5) is 2.60. The lowest BCUT2D eigenvalue weighted by atomic mass is 10.0. The number of unbranched alkanes of at least 4 members (excludes halogenated alkanes) is 1. The van der Waals surface area contributed by atoms with Crippen molar-refractivity contribution < 1.29 is 0 Å². The van der Waals surface area contributed by atoms with Gasteiger partial charge in [-0.2, -0.15) is 0 Å². The van der Waals surface area contributed by atoms with Crippen molar-refractivity contribution in [2.45, 2.75) is 51.6 Å². The summed E-state index contributed by atoms with van der Waals surface area (Å²) >= 11 is 6.06. The minimum absolute atomic E-state index is 0.376. The van der Waals surface area contributed by atoms with Gasteiger partial charge in [-0.05, 0) is 63.5 Å². The van der Waals surface area contributed by atoms with Crippen LogP contribution in [0, 0.1) is 0 Å². The number of piperidine rings is 1. The van der Waals surface area contributed by atoms with E-state index in [0.717, 1.165) is 5.02 Å². The van der Waals surface area contributed by atoms with Gasteiger partial charge in [0, 0.05) is 17.1 Å². The van der Waals surface area contributed by atoms with Gasteiger partial charge in [-0.1, -0.05) is 37.1 Å². The molecular weight excluding hydrogens is 268 g/mol. The van der Waals surface area contributed by atoms with Crippen LogP contribution in [0.2, 0.25) is 5.02 Å². The Morgan fingerprint density at radius 1 is 1.35 bits per heavy atom. The predicted molar refractivity (Wildman–Crippen MR) is 87.4 cm³/mol. The van der Waals surface area contributed by atoms with Crippen LogP contribution in [-0.4, -0.2) is 30.6 Å². The molecule has 2 nitrogen and oxygen atoms in total. The number of likely N-dealkylation sites (tertiary alicyclic amines) is 1. The van der Waals surface area contributed by atoms with Crippen molar-refractivity contribution in [3.8, 4) is 0 Å². The quantitative estimate of drug-likeness (QED) is 0.843. The summed E-state index contributed by atoms with van der Waals surface area (Å²) in [6, 6.07) is 9.20. The molecule has 0 aromatic heterocycles. The van der Waals surface area contributed by atoms with Crippen molar-refractivity contribution in [2.75, 3.05) is 19.6 Å². The first-order valence-corrected chi connectivity index (χ1v) is 8.30. The molecule has 2 rings (SSSR count). The van der Waals surface area contributed by atoms with E-state index in [4.69, 9.17) is 11.6 Å². The first-order valence-electron chi connectivity index (χ1n) is 7.93. The lowest BCUT2D eigenvalue weighted by Crippen LogP contribution is -2.43. The molecule has 1 fully saturated rings. The zero-order chi connectivity index (χ0) is 14.4. The molecule has 1 aliphatic heterocycles. The summed E-state index contributed by atoms with van der Waals surface area (Å²) in [5.74, 6) is 0. The summed E-state index contributed by atoms with van der Waals surface area (Å²) in [7, 11) is 0. The Balaban J connectivity index is 1.77. The third-order valence-corrected chi connectivity index (χ3v) is 4.48. The van der Waals surface area contributed by atoms with Gasteiger partial charge in [0.15, 0.2) is 0 Å². The summed E-state index contributed by atoms with van der Waals surface area (Å²) in [6.45, 7) is 8.24. The molecule has 1 atom stereocenters. The monoisotopic (exact) mass is 294 g/mol. The van der Waals surface area contributed by atoms with E-state index >= 15 is 0 Å². The molecule has 1 unspecified atom stereocenters. The molecule has 20 heavy (non-hydrogen) atoms. The molecule has 0 spiro atoms. The average molecular weight is 295 g/mol. The molecule has 0 radical (unpaired) electrons. The molecule has 1 aromatic carbocycles. The van der Waals surface area contributed by atoms with Crippen LogP contribution >= 0.6 is 11.6 Å². The van der Waals surface area contributed by atoms with Crippen molar-refractivity contribution in [1.82, 2.24) is 10.2 Å². The van der Waals surface area contributed by atoms with Gasteiger partial charge in [0.2, 0.25) is 0 Å². The van der Waals surface area contributed by atoms with Crippen LogP contribution in [0.1, 0.15) is 51.1 Å². The molecule has 3 heteroatoms. The van der Waals surface area contributed by atoms with Gasteiger partial charge in [0.25, 0.3) is 0 Å². The maximum atomic E-state index is 6.06. The van der Waals surface area contributed by atoms with Crippen LogP contribution in [0.4, 0.5) is 0 Å². The highest BCUT2D eigenvalue weighted by molar-refractivity contribution is 6.30. The Bertz CT molecular complexity index is 400. The zero-order valence-electron chi connectivity index (χ0n) is 12.7. The van der Waals surface area contributed by atoms with Gasteiger partial charge >= 0.3 is 0 Å². The Kier molecular flexibility index (Phi) is 6.34. The van der Waals surface area contributed by atoms with E-state index in [-0.39, 0.29) is 0 Å². The van der Waals surface area contributed by atoms with Crippen LogP contribution in [0.3, 0.4) is 0 Å². The number of halogens is 1. The van der Waals surface area contributed by atoms with Crippen molar-refractivity contribution in [2.24, 2.45) is 0 Å². The summed E-state index contributed by atoms with van der Waals surface area (Å²) < 4.78 is 0. The van der Waals surface area contributed by atoms with Crippen LogP contribution in [0.15, 0.2) is 24.3 Å². The Hall–Kier alpha value is -0.570. The minimum atomic E-state index is 0.376. The highest BCUT2D eigenvalue weighted by atomic mass is 35.5. The van der Waals surface area contributed by atoms with Crippen LogP contribution in [0.25, 0.3) is 0 Å². The number of rotatable bonds is 6. The van der Waals surface area contributed by atoms with Gasteiger partial charge < -0.3 is 10.2 Å². The highest BCUT2D eigenvalue weighted by Crippen LogP contribution is 2.20. The average Bonchev–Trinajstić information content (AvgIpc) is 2.46. The lowest BCUT2D eigenvalue weighted by molar-refractivity contribution is 0.190. The minimum Gasteiger partial charge on any atom is -0.307 e. The van der Waals surface area contributed by atoms with Crippen LogP contribution in [-0.2, 0) is 0 Å².